The molecule has 1 rings (SSSR count). The summed E-state index contributed by atoms with van der Waals surface area (Å²) in [6, 6.07) is -0.155. The molecular weight excluding hydrogens is 170 g/mol. The molecule has 4 nitrogen and oxygen atoms in total. The molecule has 1 fully saturated rings. The Balaban J connectivity index is 2.82. The van der Waals surface area contributed by atoms with Gasteiger partial charge in [0.15, 0.2) is 0 Å². The maximum absolute atomic E-state index is 11.2. The summed E-state index contributed by atoms with van der Waals surface area (Å²) in [5.41, 5.74) is 0. The third-order valence-corrected chi connectivity index (χ3v) is 2.09. The maximum atomic E-state index is 11.2. The van der Waals surface area contributed by atoms with Gasteiger partial charge >= 0.3 is 6.09 Å². The molecule has 72 valence electrons. The second-order valence-corrected chi connectivity index (χ2v) is 3.30. The molecule has 0 bridgehead atoms. The van der Waals surface area contributed by atoms with E-state index in [1.807, 2.05) is 13.8 Å². The van der Waals surface area contributed by atoms with E-state index in [2.05, 4.69) is 6.58 Å². The number of cyclic esters (lactones) is 1. The van der Waals surface area contributed by atoms with Crippen LogP contribution in [0.15, 0.2) is 12.7 Å². The number of imide groups is 1. The highest BCUT2D eigenvalue weighted by Crippen LogP contribution is 2.19. The van der Waals surface area contributed by atoms with E-state index < -0.39 is 6.09 Å². The monoisotopic (exact) mass is 183 g/mol. The van der Waals surface area contributed by atoms with Crippen LogP contribution < -0.4 is 0 Å². The van der Waals surface area contributed by atoms with Gasteiger partial charge in [-0.1, -0.05) is 20.4 Å². The summed E-state index contributed by atoms with van der Waals surface area (Å²) in [4.78, 5) is 23.5. The van der Waals surface area contributed by atoms with Crippen LogP contribution in [0.4, 0.5) is 4.79 Å². The van der Waals surface area contributed by atoms with Crippen LogP contribution in [0, 0.1) is 5.92 Å². The van der Waals surface area contributed by atoms with E-state index in [0.717, 1.165) is 11.0 Å². The molecule has 1 saturated heterocycles. The van der Waals surface area contributed by atoms with Gasteiger partial charge in [-0.2, -0.15) is 0 Å². The van der Waals surface area contributed by atoms with Crippen LogP contribution in [0.2, 0.25) is 0 Å². The molecule has 1 aliphatic rings. The second kappa shape index (κ2) is 3.60. The first kappa shape index (κ1) is 9.77. The molecule has 1 heterocycles. The molecule has 4 heteroatoms. The van der Waals surface area contributed by atoms with Crippen LogP contribution in [0.1, 0.15) is 13.8 Å². The van der Waals surface area contributed by atoms with Crippen molar-refractivity contribution in [1.29, 1.82) is 0 Å². The Labute approximate surface area is 77.2 Å². The highest BCUT2D eigenvalue weighted by atomic mass is 16.6. The molecule has 0 N–H and O–H groups in total. The van der Waals surface area contributed by atoms with Gasteiger partial charge in [0.1, 0.15) is 6.61 Å². The average molecular weight is 183 g/mol. The van der Waals surface area contributed by atoms with Gasteiger partial charge in [-0.15, -0.1) is 0 Å². The maximum Gasteiger partial charge on any atom is 0.417 e. The lowest BCUT2D eigenvalue weighted by Gasteiger charge is -2.20. The Bertz CT molecular complexity index is 247. The number of ether oxygens (including phenoxy) is 1. The second-order valence-electron chi connectivity index (χ2n) is 3.30. The average Bonchev–Trinajstić information content (AvgIpc) is 2.46. The molecular formula is C9H13NO3. The molecule has 1 atom stereocenters. The van der Waals surface area contributed by atoms with Gasteiger partial charge in [0.2, 0.25) is 0 Å². The van der Waals surface area contributed by atoms with Gasteiger partial charge in [-0.05, 0) is 12.0 Å². The SMILES string of the molecule is C=CC(=O)N1C(=O)OC[C@@H]1C(C)C. The van der Waals surface area contributed by atoms with Crippen molar-refractivity contribution < 1.29 is 14.3 Å². The minimum Gasteiger partial charge on any atom is -0.447 e. The van der Waals surface area contributed by atoms with E-state index >= 15 is 0 Å². The molecule has 1 aliphatic heterocycles. The molecule has 0 aromatic carbocycles. The van der Waals surface area contributed by atoms with Crippen molar-refractivity contribution in [3.05, 3.63) is 12.7 Å². The highest BCUT2D eigenvalue weighted by molar-refractivity contribution is 5.99. The van der Waals surface area contributed by atoms with E-state index in [-0.39, 0.29) is 24.5 Å². The predicted octanol–water partition coefficient (Wildman–Crippen LogP) is 1.18. The standard InChI is InChI=1S/C9H13NO3/c1-4-8(11)10-7(6(2)3)5-13-9(10)12/h4,6-7H,1,5H2,2-3H3/t7-/m1/s1. The number of nitrogens with zero attached hydrogens (tertiary/aromatic N) is 1. The first-order valence-corrected chi connectivity index (χ1v) is 4.20. The molecule has 0 aromatic heterocycles. The summed E-state index contributed by atoms with van der Waals surface area (Å²) < 4.78 is 4.78. The van der Waals surface area contributed by atoms with E-state index in [1.165, 1.54) is 0 Å². The van der Waals surface area contributed by atoms with Crippen LogP contribution in [0.25, 0.3) is 0 Å². The van der Waals surface area contributed by atoms with Crippen molar-refractivity contribution in [3.8, 4) is 0 Å². The first-order chi connectivity index (χ1) is 6.07. The molecule has 0 spiro atoms. The van der Waals surface area contributed by atoms with Crippen LogP contribution in [0.5, 0.6) is 0 Å². The summed E-state index contributed by atoms with van der Waals surface area (Å²) >= 11 is 0. The van der Waals surface area contributed by atoms with Gasteiger partial charge in [0.25, 0.3) is 5.91 Å². The fourth-order valence-corrected chi connectivity index (χ4v) is 1.28. The molecule has 2 amide bonds. The van der Waals surface area contributed by atoms with E-state index in [0.29, 0.717) is 0 Å². The van der Waals surface area contributed by atoms with Crippen LogP contribution in [0.3, 0.4) is 0 Å². The fourth-order valence-electron chi connectivity index (χ4n) is 1.28. The number of carbonyl (C=O) groups excluding carboxylic acids is 2. The van der Waals surface area contributed by atoms with Crippen LogP contribution >= 0.6 is 0 Å². The normalized spacial score (nSPS) is 21.9. The highest BCUT2D eigenvalue weighted by Gasteiger charge is 2.38. The molecule has 0 aromatic rings. The number of amides is 2. The van der Waals surface area contributed by atoms with Crippen LogP contribution in [-0.4, -0.2) is 29.5 Å². The van der Waals surface area contributed by atoms with Gasteiger partial charge in [-0.25, -0.2) is 9.69 Å². The Morgan fingerprint density at radius 3 is 2.85 bits per heavy atom. The van der Waals surface area contributed by atoms with Gasteiger partial charge in [0, 0.05) is 0 Å². The van der Waals surface area contributed by atoms with Crippen LogP contribution in [-0.2, 0) is 9.53 Å². The minimum absolute atomic E-state index is 0.155. The third-order valence-electron chi connectivity index (χ3n) is 2.09. The Kier molecular flexibility index (Phi) is 2.70. The summed E-state index contributed by atoms with van der Waals surface area (Å²) in [6.07, 6.45) is 0.561. The van der Waals surface area contributed by atoms with Crippen molar-refractivity contribution in [3.63, 3.8) is 0 Å². The number of carbonyl (C=O) groups is 2. The lowest BCUT2D eigenvalue weighted by atomic mass is 10.0. The Morgan fingerprint density at radius 1 is 1.77 bits per heavy atom. The summed E-state index contributed by atoms with van der Waals surface area (Å²) in [7, 11) is 0. The van der Waals surface area contributed by atoms with E-state index in [4.69, 9.17) is 4.74 Å². The summed E-state index contributed by atoms with van der Waals surface area (Å²) in [6.45, 7) is 7.50. The summed E-state index contributed by atoms with van der Waals surface area (Å²) in [5.74, 6) is -0.184. The molecule has 0 saturated carbocycles. The minimum atomic E-state index is -0.566. The van der Waals surface area contributed by atoms with E-state index in [1.54, 1.807) is 0 Å². The molecule has 0 aliphatic carbocycles. The predicted molar refractivity (Wildman–Crippen MR) is 47.0 cm³/mol. The summed E-state index contributed by atoms with van der Waals surface area (Å²) in [5, 5.41) is 0. The molecule has 13 heavy (non-hydrogen) atoms. The lowest BCUT2D eigenvalue weighted by Crippen LogP contribution is -2.40. The zero-order valence-electron chi connectivity index (χ0n) is 7.82. The number of hydrogen-bond acceptors (Lipinski definition) is 3. The van der Waals surface area contributed by atoms with E-state index in [9.17, 15) is 9.59 Å². The van der Waals surface area contributed by atoms with Crippen molar-refractivity contribution in [2.45, 2.75) is 19.9 Å². The number of rotatable bonds is 2. The number of hydrogen-bond donors (Lipinski definition) is 0. The first-order valence-electron chi connectivity index (χ1n) is 4.20. The largest absolute Gasteiger partial charge is 0.447 e. The van der Waals surface area contributed by atoms with Crippen molar-refractivity contribution in [2.24, 2.45) is 5.92 Å². The van der Waals surface area contributed by atoms with Crippen molar-refractivity contribution in [2.75, 3.05) is 6.61 Å². The quantitative estimate of drug-likeness (QED) is 0.604. The fraction of sp³-hybridized carbons (Fsp3) is 0.556. The van der Waals surface area contributed by atoms with Gasteiger partial charge in [0.05, 0.1) is 6.04 Å². The van der Waals surface area contributed by atoms with Crippen molar-refractivity contribution >= 4 is 12.0 Å². The van der Waals surface area contributed by atoms with Crippen molar-refractivity contribution in [1.82, 2.24) is 4.90 Å². The lowest BCUT2D eigenvalue weighted by molar-refractivity contribution is -0.124. The topological polar surface area (TPSA) is 46.6 Å². The Morgan fingerprint density at radius 2 is 2.38 bits per heavy atom. The zero-order chi connectivity index (χ0) is 10.0. The smallest absolute Gasteiger partial charge is 0.417 e. The third kappa shape index (κ3) is 1.71. The van der Waals surface area contributed by atoms with Gasteiger partial charge < -0.3 is 4.74 Å². The zero-order valence-corrected chi connectivity index (χ0v) is 7.82. The van der Waals surface area contributed by atoms with Gasteiger partial charge in [-0.3, -0.25) is 4.79 Å². The molecule has 0 unspecified atom stereocenters. The Hall–Kier alpha value is -1.32. The molecule has 0 radical (unpaired) electrons.